The van der Waals surface area contributed by atoms with Crippen molar-refractivity contribution in [2.24, 2.45) is 0 Å². The molecule has 0 bridgehead atoms. The van der Waals surface area contributed by atoms with Gasteiger partial charge in [0.1, 0.15) is 11.6 Å². The van der Waals surface area contributed by atoms with Gasteiger partial charge in [-0.3, -0.25) is 3.97 Å². The van der Waals surface area contributed by atoms with Gasteiger partial charge in [-0.15, -0.1) is 0 Å². The summed E-state index contributed by atoms with van der Waals surface area (Å²) in [5.41, 5.74) is 2.07. The highest BCUT2D eigenvalue weighted by atomic mass is 127. The fraction of sp³-hybridized carbons (Fsp3) is 0. The summed E-state index contributed by atoms with van der Waals surface area (Å²) in [6, 6.07) is 9.34. The van der Waals surface area contributed by atoms with E-state index in [0.29, 0.717) is 28.9 Å². The molecule has 0 N–H and O–H groups in total. The minimum absolute atomic E-state index is 0.0561. The average molecular weight is 653 g/mol. The topological polar surface area (TPSA) is 32.0 Å². The summed E-state index contributed by atoms with van der Waals surface area (Å²) < 4.78 is 38.7. The predicted molar refractivity (Wildman–Crippen MR) is 134 cm³/mol. The van der Waals surface area contributed by atoms with Crippen LogP contribution in [-0.2, 0) is 0 Å². The molecule has 2 aromatic carbocycles. The highest BCUT2D eigenvalue weighted by molar-refractivity contribution is 14.2. The molecule has 2 heterocycles. The van der Waals surface area contributed by atoms with Gasteiger partial charge in [-0.1, -0.05) is 12.7 Å². The van der Waals surface area contributed by atoms with Crippen LogP contribution in [0.15, 0.2) is 55.4 Å². The monoisotopic (exact) mass is 653 g/mol. The Morgan fingerprint density at radius 2 is 1.97 bits per heavy atom. The van der Waals surface area contributed by atoms with E-state index in [4.69, 9.17) is 4.74 Å². The van der Waals surface area contributed by atoms with Crippen molar-refractivity contribution in [1.82, 2.24) is 13.5 Å². The van der Waals surface area contributed by atoms with Crippen molar-refractivity contribution >= 4 is 75.7 Å². The predicted octanol–water partition coefficient (Wildman–Crippen LogP) is 7.86. The van der Waals surface area contributed by atoms with Gasteiger partial charge < -0.3 is 4.74 Å². The van der Waals surface area contributed by atoms with Crippen LogP contribution in [-0.4, -0.2) is 13.5 Å². The van der Waals surface area contributed by atoms with Gasteiger partial charge in [-0.2, -0.15) is 5.10 Å². The largest absolute Gasteiger partial charge is 0.454 e. The summed E-state index contributed by atoms with van der Waals surface area (Å²) in [6.45, 7) is 3.81. The lowest BCUT2D eigenvalue weighted by molar-refractivity contribution is 0.441. The Kier molecular flexibility index (Phi) is 6.47. The second kappa shape index (κ2) is 8.91. The maximum Gasteiger partial charge on any atom is 0.170 e. The number of benzene rings is 2. The first-order valence-electron chi connectivity index (χ1n) is 8.21. The first-order valence-corrected chi connectivity index (χ1v) is 15.6. The lowest BCUT2D eigenvalue weighted by Gasteiger charge is -2.13. The van der Waals surface area contributed by atoms with Gasteiger partial charge in [0.05, 0.1) is 17.6 Å². The zero-order valence-electron chi connectivity index (χ0n) is 14.6. The lowest BCUT2D eigenvalue weighted by atomic mass is 10.1. The van der Waals surface area contributed by atoms with E-state index in [-0.39, 0.29) is 5.75 Å². The Labute approximate surface area is 196 Å². The smallest absolute Gasteiger partial charge is 0.170 e. The Hall–Kier alpha value is -1.17. The number of hydrogen-bond acceptors (Lipinski definition) is 3. The number of rotatable bonds is 6. The van der Waals surface area contributed by atoms with E-state index in [1.165, 1.54) is 33.4 Å². The maximum absolute atomic E-state index is 14.9. The molecule has 0 aliphatic rings. The third kappa shape index (κ3) is 4.06. The molecule has 0 aliphatic carbocycles. The number of ether oxygens (including phenoxy) is 1. The van der Waals surface area contributed by atoms with Crippen molar-refractivity contribution in [2.45, 2.75) is 0 Å². The molecule has 0 fully saturated rings. The maximum atomic E-state index is 14.9. The second-order valence-corrected chi connectivity index (χ2v) is 9.71. The third-order valence-corrected chi connectivity index (χ3v) is 7.94. The Bertz CT molecular complexity index is 1230. The number of fused-ring (bicyclic) bond motifs is 1. The van der Waals surface area contributed by atoms with Crippen molar-refractivity contribution in [2.75, 3.05) is 0 Å². The molecular weight excluding hydrogens is 641 g/mol. The summed E-state index contributed by atoms with van der Waals surface area (Å²) in [6.07, 6.45) is 5.62. The summed E-state index contributed by atoms with van der Waals surface area (Å²) in [4.78, 5) is 0. The van der Waals surface area contributed by atoms with Crippen molar-refractivity contribution < 1.29 is 13.5 Å². The van der Waals surface area contributed by atoms with E-state index >= 15 is 0 Å². The molecule has 4 aromatic rings. The first kappa shape index (κ1) is 21.1. The fourth-order valence-corrected chi connectivity index (χ4v) is 5.44. The quantitative estimate of drug-likeness (QED) is 0.157. The zero-order chi connectivity index (χ0) is 20.5. The molecule has 4 rings (SSSR count). The van der Waals surface area contributed by atoms with E-state index in [1.54, 1.807) is 22.8 Å². The van der Waals surface area contributed by atoms with E-state index in [2.05, 4.69) is 54.9 Å². The van der Waals surface area contributed by atoms with Gasteiger partial charge in [0.2, 0.25) is 0 Å². The van der Waals surface area contributed by atoms with Crippen LogP contribution >= 0.6 is 58.7 Å². The number of nitrogens with zero attached hydrogens (tertiary/aromatic N) is 3. The molecule has 1 atom stereocenters. The molecule has 148 valence electrons. The van der Waals surface area contributed by atoms with Gasteiger partial charge in [0.15, 0.2) is 11.6 Å². The molecule has 4 nitrogen and oxygen atoms in total. The van der Waals surface area contributed by atoms with Gasteiger partial charge in [0.25, 0.3) is 0 Å². The van der Waals surface area contributed by atoms with Crippen LogP contribution in [0.5, 0.6) is 11.5 Å². The van der Waals surface area contributed by atoms with Crippen LogP contribution < -0.4 is 4.74 Å². The number of hydrogen-bond donors (Lipinski definition) is 0. The molecule has 0 amide bonds. The van der Waals surface area contributed by atoms with E-state index in [0.717, 1.165) is 10.9 Å². The zero-order valence-corrected chi connectivity index (χ0v) is 20.7. The first-order chi connectivity index (χ1) is 14.0. The summed E-state index contributed by atoms with van der Waals surface area (Å²) >= 11 is 4.33. The highest BCUT2D eigenvalue weighted by Crippen LogP contribution is 2.38. The fourth-order valence-electron chi connectivity index (χ4n) is 3.00. The van der Waals surface area contributed by atoms with Crippen LogP contribution in [0.4, 0.5) is 8.78 Å². The SMILES string of the molecule is C=Cc1c(Oc2ccc(F)c(-c3ccn(PI)n3)c2)c(F)cc2c1ccn2SI. The van der Waals surface area contributed by atoms with Gasteiger partial charge >= 0.3 is 0 Å². The normalized spacial score (nSPS) is 11.6. The number of aromatic nitrogens is 3. The Morgan fingerprint density at radius 3 is 2.66 bits per heavy atom. The van der Waals surface area contributed by atoms with Crippen molar-refractivity contribution in [3.8, 4) is 22.8 Å². The Morgan fingerprint density at radius 1 is 1.14 bits per heavy atom. The van der Waals surface area contributed by atoms with E-state index in [9.17, 15) is 8.78 Å². The molecule has 2 aromatic heterocycles. The van der Waals surface area contributed by atoms with E-state index in [1.807, 2.05) is 16.2 Å². The van der Waals surface area contributed by atoms with Crippen LogP contribution in [0.3, 0.4) is 0 Å². The van der Waals surface area contributed by atoms with Crippen LogP contribution in [0.1, 0.15) is 5.56 Å². The second-order valence-electron chi connectivity index (χ2n) is 5.92. The minimum Gasteiger partial charge on any atom is -0.454 e. The van der Waals surface area contributed by atoms with Crippen LogP contribution in [0.25, 0.3) is 28.2 Å². The molecule has 0 aliphatic heterocycles. The summed E-state index contributed by atoms with van der Waals surface area (Å²) in [7, 11) is 1.44. The molecule has 0 saturated carbocycles. The van der Waals surface area contributed by atoms with Crippen LogP contribution in [0, 0.1) is 11.6 Å². The third-order valence-electron chi connectivity index (χ3n) is 4.29. The van der Waals surface area contributed by atoms with Gasteiger partial charge in [-0.25, -0.2) is 13.2 Å². The summed E-state index contributed by atoms with van der Waals surface area (Å²) in [5.74, 6) is -0.563. The van der Waals surface area contributed by atoms with Crippen molar-refractivity contribution in [3.63, 3.8) is 0 Å². The molecular formula is C19H12F2I2N3OPS. The molecule has 0 radical (unpaired) electrons. The molecule has 0 spiro atoms. The highest BCUT2D eigenvalue weighted by Gasteiger charge is 2.18. The lowest BCUT2D eigenvalue weighted by Crippen LogP contribution is -1.95. The van der Waals surface area contributed by atoms with E-state index < -0.39 is 11.6 Å². The van der Waals surface area contributed by atoms with Crippen LogP contribution in [0.2, 0.25) is 0 Å². The molecule has 1 unspecified atom stereocenters. The van der Waals surface area contributed by atoms with Crippen molar-refractivity contribution in [3.05, 3.63) is 72.6 Å². The average Bonchev–Trinajstić information content (AvgIpc) is 3.36. The molecule has 10 heteroatoms. The molecule has 0 saturated heterocycles. The molecule has 29 heavy (non-hydrogen) atoms. The van der Waals surface area contributed by atoms with Gasteiger partial charge in [-0.05, 0) is 52.4 Å². The minimum atomic E-state index is -0.515. The summed E-state index contributed by atoms with van der Waals surface area (Å²) in [5, 5.41) is 5.17. The number of halogens is 4. The standard InChI is InChI=1S/C19H12F2I2N3OPS/c1-2-12-13-5-7-25(29-23)18(13)10-16(21)19(12)27-11-3-4-15(20)14(9-11)17-6-8-26(24-17)28-22/h2-10,28H,1H2. The van der Waals surface area contributed by atoms with Gasteiger partial charge in [0, 0.05) is 65.3 Å². The Balaban J connectivity index is 1.78. The van der Waals surface area contributed by atoms with Crippen molar-refractivity contribution in [1.29, 1.82) is 0 Å².